The van der Waals surface area contributed by atoms with Gasteiger partial charge in [0, 0.05) is 24.9 Å². The van der Waals surface area contributed by atoms with Crippen molar-refractivity contribution in [3.63, 3.8) is 0 Å². The number of amides is 1. The van der Waals surface area contributed by atoms with E-state index >= 15 is 0 Å². The van der Waals surface area contributed by atoms with Crippen molar-refractivity contribution in [1.29, 1.82) is 0 Å². The lowest BCUT2D eigenvalue weighted by atomic mass is 10.1. The van der Waals surface area contributed by atoms with Crippen LogP contribution in [0.4, 0.5) is 0 Å². The largest absolute Gasteiger partial charge is 0.497 e. The molecule has 0 spiro atoms. The fourth-order valence-electron chi connectivity index (χ4n) is 3.07. The number of nitrogens with zero attached hydrogens (tertiary/aromatic N) is 2. The van der Waals surface area contributed by atoms with Crippen LogP contribution in [0.15, 0.2) is 53.3 Å². The van der Waals surface area contributed by atoms with Gasteiger partial charge in [0.2, 0.25) is 5.91 Å². The fraction of sp³-hybridized carbons (Fsp3) is 0.333. The summed E-state index contributed by atoms with van der Waals surface area (Å²) in [6, 6.07) is 15.0. The molecule has 1 heterocycles. The highest BCUT2D eigenvalue weighted by Crippen LogP contribution is 2.20. The first-order valence-corrected chi connectivity index (χ1v) is 10.7. The predicted octanol–water partition coefficient (Wildman–Crippen LogP) is 2.92. The van der Waals surface area contributed by atoms with Crippen LogP contribution in [0.3, 0.4) is 0 Å². The first-order chi connectivity index (χ1) is 15.6. The third-order valence-electron chi connectivity index (χ3n) is 4.83. The van der Waals surface area contributed by atoms with Crippen LogP contribution in [0.25, 0.3) is 11.4 Å². The van der Waals surface area contributed by atoms with Crippen LogP contribution < -0.4 is 20.3 Å². The molecule has 0 radical (unpaired) electrons. The molecule has 0 aliphatic rings. The van der Waals surface area contributed by atoms with Crippen LogP contribution in [0, 0.1) is 0 Å². The van der Waals surface area contributed by atoms with Gasteiger partial charge in [0.25, 0.3) is 5.56 Å². The number of hydrogen-bond acceptors (Lipinski definition) is 6. The summed E-state index contributed by atoms with van der Waals surface area (Å²) in [6.45, 7) is 3.17. The van der Waals surface area contributed by atoms with Crippen molar-refractivity contribution < 1.29 is 14.3 Å². The van der Waals surface area contributed by atoms with E-state index in [1.807, 2.05) is 55.5 Å². The van der Waals surface area contributed by atoms with E-state index in [0.29, 0.717) is 36.7 Å². The maximum atomic E-state index is 12.4. The van der Waals surface area contributed by atoms with Crippen molar-refractivity contribution in [3.05, 3.63) is 70.1 Å². The third-order valence-corrected chi connectivity index (χ3v) is 4.83. The molecule has 3 rings (SSSR count). The van der Waals surface area contributed by atoms with Crippen LogP contribution in [0.5, 0.6) is 11.5 Å². The summed E-state index contributed by atoms with van der Waals surface area (Å²) in [6.07, 6.45) is 2.01. The number of aromatic nitrogens is 3. The average molecular weight is 437 g/mol. The monoisotopic (exact) mass is 436 g/mol. The second-order valence-corrected chi connectivity index (χ2v) is 7.27. The minimum Gasteiger partial charge on any atom is -0.497 e. The van der Waals surface area contributed by atoms with Gasteiger partial charge in [-0.25, -0.2) is 0 Å². The Kier molecular flexibility index (Phi) is 8.36. The highest BCUT2D eigenvalue weighted by molar-refractivity contribution is 5.76. The van der Waals surface area contributed by atoms with Gasteiger partial charge < -0.3 is 19.8 Å². The summed E-state index contributed by atoms with van der Waals surface area (Å²) in [7, 11) is 1.62. The Morgan fingerprint density at radius 1 is 1.06 bits per heavy atom. The van der Waals surface area contributed by atoms with E-state index in [9.17, 15) is 9.59 Å². The Labute approximate surface area is 187 Å². The lowest BCUT2D eigenvalue weighted by molar-refractivity contribution is -0.121. The van der Waals surface area contributed by atoms with Gasteiger partial charge in [0.05, 0.1) is 13.7 Å². The molecule has 168 valence electrons. The number of carbonyl (C=O) groups is 1. The molecule has 8 heteroatoms. The van der Waals surface area contributed by atoms with Crippen LogP contribution in [-0.2, 0) is 17.6 Å². The van der Waals surface area contributed by atoms with Crippen molar-refractivity contribution in [2.45, 2.75) is 32.6 Å². The number of aromatic amines is 1. The molecule has 0 atom stereocenters. The smallest absolute Gasteiger partial charge is 0.273 e. The van der Waals surface area contributed by atoms with E-state index < -0.39 is 0 Å². The summed E-state index contributed by atoms with van der Waals surface area (Å²) in [5.74, 6) is 1.74. The highest BCUT2D eigenvalue weighted by Gasteiger charge is 2.10. The second-order valence-electron chi connectivity index (χ2n) is 7.27. The first kappa shape index (κ1) is 23.0. The zero-order valence-electron chi connectivity index (χ0n) is 18.4. The van der Waals surface area contributed by atoms with E-state index in [0.717, 1.165) is 17.7 Å². The van der Waals surface area contributed by atoms with Crippen molar-refractivity contribution in [2.24, 2.45) is 0 Å². The standard InChI is InChI=1S/C24H28N4O4/c1-3-15-32-20-6-4-5-18(16-20)23-26-24(30)21(27-28-23)11-12-22(29)25-14-13-17-7-9-19(31-2)10-8-17/h4-10,16H,3,11-15H2,1-2H3,(H,25,29)(H,26,28,30). The molecule has 0 fully saturated rings. The average Bonchev–Trinajstić information content (AvgIpc) is 2.82. The molecule has 2 aromatic carbocycles. The number of H-pyrrole nitrogens is 1. The van der Waals surface area contributed by atoms with E-state index in [1.165, 1.54) is 0 Å². The number of rotatable bonds is 11. The van der Waals surface area contributed by atoms with Crippen LogP contribution in [0.2, 0.25) is 0 Å². The number of hydrogen-bond donors (Lipinski definition) is 2. The summed E-state index contributed by atoms with van der Waals surface area (Å²) >= 11 is 0. The molecule has 32 heavy (non-hydrogen) atoms. The van der Waals surface area contributed by atoms with Gasteiger partial charge in [-0.2, -0.15) is 0 Å². The lowest BCUT2D eigenvalue weighted by Gasteiger charge is -2.07. The van der Waals surface area contributed by atoms with Gasteiger partial charge in [-0.1, -0.05) is 31.2 Å². The van der Waals surface area contributed by atoms with Gasteiger partial charge >= 0.3 is 0 Å². The van der Waals surface area contributed by atoms with Crippen LogP contribution >= 0.6 is 0 Å². The molecule has 1 amide bonds. The van der Waals surface area contributed by atoms with Gasteiger partial charge in [-0.3, -0.25) is 9.59 Å². The van der Waals surface area contributed by atoms with Crippen molar-refractivity contribution in [1.82, 2.24) is 20.5 Å². The number of nitrogens with one attached hydrogen (secondary N) is 2. The maximum Gasteiger partial charge on any atom is 0.273 e. The topological polar surface area (TPSA) is 106 Å². The predicted molar refractivity (Wildman–Crippen MR) is 122 cm³/mol. The molecule has 2 N–H and O–H groups in total. The maximum absolute atomic E-state index is 12.4. The zero-order valence-corrected chi connectivity index (χ0v) is 18.4. The number of benzene rings is 2. The number of aryl methyl sites for hydroxylation is 1. The quantitative estimate of drug-likeness (QED) is 0.479. The van der Waals surface area contributed by atoms with Gasteiger partial charge in [0.15, 0.2) is 5.82 Å². The Hall–Kier alpha value is -3.68. The van der Waals surface area contributed by atoms with Crippen molar-refractivity contribution >= 4 is 5.91 Å². The molecule has 0 bridgehead atoms. The molecule has 0 aliphatic heterocycles. The van der Waals surface area contributed by atoms with Gasteiger partial charge in [-0.15, -0.1) is 10.2 Å². The van der Waals surface area contributed by atoms with Crippen molar-refractivity contribution in [3.8, 4) is 22.9 Å². The SMILES string of the molecule is CCCOc1cccc(-c2nnc(CCC(=O)NCCc3ccc(OC)cc3)c(=O)[nH]2)c1. The lowest BCUT2D eigenvalue weighted by Crippen LogP contribution is -2.27. The van der Waals surface area contributed by atoms with E-state index in [4.69, 9.17) is 9.47 Å². The minimum atomic E-state index is -0.346. The Bertz CT molecular complexity index is 1080. The Balaban J connectivity index is 1.50. The van der Waals surface area contributed by atoms with E-state index in [1.54, 1.807) is 7.11 Å². The molecule has 0 saturated carbocycles. The molecule has 3 aromatic rings. The van der Waals surface area contributed by atoms with E-state index in [2.05, 4.69) is 20.5 Å². The fourth-order valence-corrected chi connectivity index (χ4v) is 3.07. The summed E-state index contributed by atoms with van der Waals surface area (Å²) in [5.41, 5.74) is 1.71. The molecule has 0 aliphatic carbocycles. The molecule has 8 nitrogen and oxygen atoms in total. The Morgan fingerprint density at radius 2 is 1.88 bits per heavy atom. The first-order valence-electron chi connectivity index (χ1n) is 10.7. The van der Waals surface area contributed by atoms with Crippen LogP contribution in [-0.4, -0.2) is 41.3 Å². The molecule has 0 saturated heterocycles. The van der Waals surface area contributed by atoms with Gasteiger partial charge in [0.1, 0.15) is 17.2 Å². The molecular weight excluding hydrogens is 408 g/mol. The van der Waals surface area contributed by atoms with Crippen LogP contribution in [0.1, 0.15) is 31.0 Å². The minimum absolute atomic E-state index is 0.135. The summed E-state index contributed by atoms with van der Waals surface area (Å²) in [5, 5.41) is 11.0. The number of methoxy groups -OCH3 is 1. The number of ether oxygens (including phenoxy) is 2. The zero-order chi connectivity index (χ0) is 22.8. The van der Waals surface area contributed by atoms with Crippen molar-refractivity contribution in [2.75, 3.05) is 20.3 Å². The summed E-state index contributed by atoms with van der Waals surface area (Å²) in [4.78, 5) is 27.3. The third kappa shape index (κ3) is 6.66. The Morgan fingerprint density at radius 3 is 2.59 bits per heavy atom. The second kappa shape index (κ2) is 11.6. The highest BCUT2D eigenvalue weighted by atomic mass is 16.5. The molecule has 1 aromatic heterocycles. The summed E-state index contributed by atoms with van der Waals surface area (Å²) < 4.78 is 10.7. The normalized spacial score (nSPS) is 10.6. The molecular formula is C24H28N4O4. The van der Waals surface area contributed by atoms with Gasteiger partial charge in [-0.05, 0) is 42.7 Å². The molecule has 0 unspecified atom stereocenters. The number of carbonyl (C=O) groups excluding carboxylic acids is 1. The van der Waals surface area contributed by atoms with E-state index in [-0.39, 0.29) is 30.0 Å².